The zero-order valence-corrected chi connectivity index (χ0v) is 28.6. The molecule has 1 aliphatic rings. The molecule has 2 heteroatoms. The van der Waals surface area contributed by atoms with Gasteiger partial charge in [0.1, 0.15) is 11.2 Å². The topological polar surface area (TPSA) is 25.2 Å². The number of nitrogens with one attached hydrogen (secondary N) is 1. The molecule has 242 valence electrons. The van der Waals surface area contributed by atoms with Crippen LogP contribution < -0.4 is 5.32 Å². The molecule has 1 N–H and O–H groups in total. The van der Waals surface area contributed by atoms with Crippen molar-refractivity contribution in [2.45, 2.75) is 19.3 Å². The average Bonchev–Trinajstić information content (AvgIpc) is 3.67. The number of hydrogen-bond donors (Lipinski definition) is 1. The van der Waals surface area contributed by atoms with E-state index in [9.17, 15) is 0 Å². The summed E-state index contributed by atoms with van der Waals surface area (Å²) in [6.45, 7) is 4.65. The van der Waals surface area contributed by atoms with E-state index in [2.05, 4.69) is 189 Å². The van der Waals surface area contributed by atoms with Gasteiger partial charge in [-0.15, -0.1) is 0 Å². The van der Waals surface area contributed by atoms with Gasteiger partial charge in [-0.05, 0) is 103 Å². The number of anilines is 2. The summed E-state index contributed by atoms with van der Waals surface area (Å²) in [5.41, 5.74) is 16.4. The van der Waals surface area contributed by atoms with Crippen LogP contribution in [0.2, 0.25) is 0 Å². The first-order valence-electron chi connectivity index (χ1n) is 17.7. The van der Waals surface area contributed by atoms with Gasteiger partial charge in [-0.3, -0.25) is 0 Å². The van der Waals surface area contributed by atoms with Gasteiger partial charge in [-0.2, -0.15) is 0 Å². The van der Waals surface area contributed by atoms with E-state index in [1.54, 1.807) is 0 Å². The van der Waals surface area contributed by atoms with E-state index in [0.29, 0.717) is 0 Å². The van der Waals surface area contributed by atoms with Crippen molar-refractivity contribution in [1.82, 2.24) is 0 Å². The maximum Gasteiger partial charge on any atom is 0.143 e. The zero-order valence-electron chi connectivity index (χ0n) is 28.6. The molecule has 0 saturated carbocycles. The minimum absolute atomic E-state index is 0.0331. The van der Waals surface area contributed by atoms with Crippen molar-refractivity contribution < 1.29 is 4.42 Å². The van der Waals surface area contributed by atoms with Crippen LogP contribution in [0, 0.1) is 0 Å². The van der Waals surface area contributed by atoms with Crippen molar-refractivity contribution in [3.8, 4) is 44.5 Å². The summed E-state index contributed by atoms with van der Waals surface area (Å²) in [7, 11) is 0. The fraction of sp³-hybridized carbons (Fsp3) is 0.0612. The third kappa shape index (κ3) is 4.71. The number of furan rings is 1. The van der Waals surface area contributed by atoms with Crippen molar-refractivity contribution in [3.63, 3.8) is 0 Å². The normalized spacial score (nSPS) is 13.1. The molecule has 0 amide bonds. The molecule has 0 radical (unpaired) electrons. The molecule has 0 atom stereocenters. The molecule has 0 unspecified atom stereocenters. The van der Waals surface area contributed by atoms with Gasteiger partial charge in [0.05, 0.1) is 0 Å². The van der Waals surface area contributed by atoms with Crippen LogP contribution in [0.4, 0.5) is 11.4 Å². The van der Waals surface area contributed by atoms with Gasteiger partial charge in [-0.25, -0.2) is 0 Å². The van der Waals surface area contributed by atoms with Crippen molar-refractivity contribution in [2.24, 2.45) is 0 Å². The Labute approximate surface area is 297 Å². The maximum atomic E-state index is 6.85. The van der Waals surface area contributed by atoms with E-state index in [0.717, 1.165) is 49.8 Å². The van der Waals surface area contributed by atoms with E-state index >= 15 is 0 Å². The summed E-state index contributed by atoms with van der Waals surface area (Å²) in [6, 6.07) is 61.1. The molecule has 1 aliphatic carbocycles. The SMILES string of the molecule is CC1(C)c2ccccc2-c2ccc(Nc3ccc(-c4cc(-c5ccccc5)c5c(c4)oc4c6ccccc6c(-c6ccccc6)cc45)cc3)cc21. The van der Waals surface area contributed by atoms with Gasteiger partial charge in [0.2, 0.25) is 0 Å². The fourth-order valence-corrected chi connectivity index (χ4v) is 8.29. The Morgan fingerprint density at radius 1 is 0.412 bits per heavy atom. The molecule has 1 heterocycles. The summed E-state index contributed by atoms with van der Waals surface area (Å²) in [4.78, 5) is 0. The van der Waals surface area contributed by atoms with Crippen molar-refractivity contribution in [1.29, 1.82) is 0 Å². The highest BCUT2D eigenvalue weighted by molar-refractivity contribution is 6.22. The van der Waals surface area contributed by atoms with Gasteiger partial charge < -0.3 is 9.73 Å². The van der Waals surface area contributed by atoms with Crippen LogP contribution >= 0.6 is 0 Å². The number of rotatable bonds is 5. The van der Waals surface area contributed by atoms with Gasteiger partial charge in [0.15, 0.2) is 0 Å². The summed E-state index contributed by atoms with van der Waals surface area (Å²) >= 11 is 0. The molecule has 10 rings (SSSR count). The first kappa shape index (κ1) is 29.5. The molecular formula is C49H35NO. The standard InChI is InChI=1S/C49H35NO/c1-49(2)44-20-12-11-18-38(44)39-26-25-36(29-45(39)49)50-35-23-21-31(22-24-35)34-27-42(33-15-7-4-8-16-33)47-43-30-41(32-13-5-3-6-14-32)37-17-9-10-19-40(37)48(43)51-46(47)28-34/h3-30,50H,1-2H3. The first-order valence-corrected chi connectivity index (χ1v) is 17.7. The van der Waals surface area contributed by atoms with E-state index < -0.39 is 0 Å². The Kier molecular flexibility index (Phi) is 6.56. The number of hydrogen-bond acceptors (Lipinski definition) is 2. The lowest BCUT2D eigenvalue weighted by Gasteiger charge is -2.22. The van der Waals surface area contributed by atoms with E-state index in [1.807, 2.05) is 0 Å². The third-order valence-corrected chi connectivity index (χ3v) is 10.8. The van der Waals surface area contributed by atoms with Crippen molar-refractivity contribution in [2.75, 3.05) is 5.32 Å². The van der Waals surface area contributed by atoms with Gasteiger partial charge in [-0.1, -0.05) is 141 Å². The van der Waals surface area contributed by atoms with Crippen molar-refractivity contribution >= 4 is 44.1 Å². The van der Waals surface area contributed by atoms with Gasteiger partial charge in [0, 0.05) is 32.9 Å². The highest BCUT2D eigenvalue weighted by Crippen LogP contribution is 2.49. The quantitative estimate of drug-likeness (QED) is 0.200. The Morgan fingerprint density at radius 2 is 1.04 bits per heavy atom. The molecule has 0 bridgehead atoms. The molecule has 0 saturated heterocycles. The van der Waals surface area contributed by atoms with Crippen LogP contribution in [0.1, 0.15) is 25.0 Å². The minimum atomic E-state index is -0.0331. The zero-order chi connectivity index (χ0) is 34.1. The molecule has 9 aromatic rings. The second-order valence-electron chi connectivity index (χ2n) is 14.2. The molecular weight excluding hydrogens is 619 g/mol. The van der Waals surface area contributed by atoms with Gasteiger partial charge >= 0.3 is 0 Å². The number of fused-ring (bicyclic) bond motifs is 8. The molecule has 0 spiro atoms. The van der Waals surface area contributed by atoms with Crippen LogP contribution in [0.5, 0.6) is 0 Å². The number of benzene rings is 8. The first-order chi connectivity index (χ1) is 25.0. The highest BCUT2D eigenvalue weighted by Gasteiger charge is 2.35. The van der Waals surface area contributed by atoms with E-state index in [1.165, 1.54) is 49.9 Å². The smallest absolute Gasteiger partial charge is 0.143 e. The molecule has 1 aromatic heterocycles. The van der Waals surface area contributed by atoms with E-state index in [4.69, 9.17) is 4.42 Å². The maximum absolute atomic E-state index is 6.85. The Morgan fingerprint density at radius 3 is 1.80 bits per heavy atom. The second kappa shape index (κ2) is 11.3. The van der Waals surface area contributed by atoms with Crippen LogP contribution in [-0.4, -0.2) is 0 Å². The lowest BCUT2D eigenvalue weighted by molar-refractivity contribution is 0.660. The van der Waals surface area contributed by atoms with Crippen LogP contribution in [0.3, 0.4) is 0 Å². The van der Waals surface area contributed by atoms with Crippen molar-refractivity contribution in [3.05, 3.63) is 181 Å². The minimum Gasteiger partial charge on any atom is -0.455 e. The summed E-state index contributed by atoms with van der Waals surface area (Å²) in [6.07, 6.45) is 0. The lowest BCUT2D eigenvalue weighted by Crippen LogP contribution is -2.15. The molecule has 2 nitrogen and oxygen atoms in total. The Bertz CT molecular complexity index is 2770. The Hall–Kier alpha value is -6.38. The average molecular weight is 654 g/mol. The highest BCUT2D eigenvalue weighted by atomic mass is 16.3. The van der Waals surface area contributed by atoms with Crippen LogP contribution in [0.15, 0.2) is 174 Å². The largest absolute Gasteiger partial charge is 0.455 e. The third-order valence-electron chi connectivity index (χ3n) is 10.8. The predicted octanol–water partition coefficient (Wildman–Crippen LogP) is 13.8. The van der Waals surface area contributed by atoms with Crippen LogP contribution in [-0.2, 0) is 5.41 Å². The molecule has 51 heavy (non-hydrogen) atoms. The lowest BCUT2D eigenvalue weighted by atomic mass is 9.82. The van der Waals surface area contributed by atoms with Crippen LogP contribution in [0.25, 0.3) is 77.2 Å². The molecule has 0 fully saturated rings. The Balaban J connectivity index is 1.07. The monoisotopic (exact) mass is 653 g/mol. The predicted molar refractivity (Wildman–Crippen MR) is 215 cm³/mol. The fourth-order valence-electron chi connectivity index (χ4n) is 8.29. The summed E-state index contributed by atoms with van der Waals surface area (Å²) in [5, 5.41) is 8.27. The van der Waals surface area contributed by atoms with E-state index in [-0.39, 0.29) is 5.41 Å². The molecule has 0 aliphatic heterocycles. The van der Waals surface area contributed by atoms with Gasteiger partial charge in [0.25, 0.3) is 0 Å². The molecule has 8 aromatic carbocycles. The second-order valence-corrected chi connectivity index (χ2v) is 14.2. The summed E-state index contributed by atoms with van der Waals surface area (Å²) < 4.78 is 6.85. The summed E-state index contributed by atoms with van der Waals surface area (Å²) in [5.74, 6) is 0.